The van der Waals surface area contributed by atoms with Crippen LogP contribution in [0.4, 0.5) is 4.79 Å². The zero-order valence-electron chi connectivity index (χ0n) is 13.3. The Hall–Kier alpha value is -2.89. The van der Waals surface area contributed by atoms with Gasteiger partial charge in [-0.25, -0.2) is 4.79 Å². The molecule has 1 aromatic carbocycles. The molecule has 6 heteroatoms. The van der Waals surface area contributed by atoms with Crippen molar-refractivity contribution < 1.29 is 9.59 Å². The van der Waals surface area contributed by atoms with Gasteiger partial charge in [0.15, 0.2) is 0 Å². The van der Waals surface area contributed by atoms with Crippen LogP contribution in [-0.4, -0.2) is 28.1 Å². The van der Waals surface area contributed by atoms with Gasteiger partial charge in [0.2, 0.25) is 0 Å². The minimum absolute atomic E-state index is 0.394. The molecule has 0 bridgehead atoms. The number of hydrazone groups is 1. The zero-order valence-corrected chi connectivity index (χ0v) is 13.3. The summed E-state index contributed by atoms with van der Waals surface area (Å²) in [6.07, 6.45) is 1.52. The van der Waals surface area contributed by atoms with Gasteiger partial charge in [-0.2, -0.15) is 5.10 Å². The van der Waals surface area contributed by atoms with Crippen molar-refractivity contribution in [1.82, 2.24) is 15.3 Å². The standard InChI is InChI=1S/C17H18N4O2/c1-11-9-13(12(2)19-11)10-18-21-15(22)17(3,20-16(21)23)14-7-5-4-6-8-14/h4-10,19H,1-3H3,(H,20,23)/b18-10+/t17-/m1/s1. The fraction of sp³-hybridized carbons (Fsp3) is 0.235. The highest BCUT2D eigenvalue weighted by Gasteiger charge is 2.49. The van der Waals surface area contributed by atoms with E-state index in [-0.39, 0.29) is 0 Å². The van der Waals surface area contributed by atoms with E-state index in [0.29, 0.717) is 0 Å². The molecule has 2 N–H and O–H groups in total. The number of carbonyl (C=O) groups is 2. The van der Waals surface area contributed by atoms with Crippen molar-refractivity contribution in [3.05, 3.63) is 58.9 Å². The van der Waals surface area contributed by atoms with Gasteiger partial charge in [-0.1, -0.05) is 30.3 Å². The SMILES string of the molecule is Cc1cc(/C=N/N2C(=O)N[C@](C)(c3ccccc3)C2=O)c(C)[nH]1. The Bertz CT molecular complexity index is 794. The van der Waals surface area contributed by atoms with Crippen LogP contribution in [0.15, 0.2) is 41.5 Å². The van der Waals surface area contributed by atoms with E-state index in [1.54, 1.807) is 6.92 Å². The van der Waals surface area contributed by atoms with Crippen molar-refractivity contribution in [2.24, 2.45) is 5.10 Å². The van der Waals surface area contributed by atoms with Crippen LogP contribution in [0.5, 0.6) is 0 Å². The summed E-state index contributed by atoms with van der Waals surface area (Å²) in [5.74, 6) is -0.394. The molecule has 1 aliphatic heterocycles. The lowest BCUT2D eigenvalue weighted by atomic mass is 9.92. The number of hydrogen-bond acceptors (Lipinski definition) is 3. The third-order valence-corrected chi connectivity index (χ3v) is 4.02. The molecule has 23 heavy (non-hydrogen) atoms. The van der Waals surface area contributed by atoms with E-state index in [2.05, 4.69) is 15.4 Å². The number of aryl methyl sites for hydroxylation is 2. The summed E-state index contributed by atoms with van der Waals surface area (Å²) in [7, 11) is 0. The number of nitrogens with zero attached hydrogens (tertiary/aromatic N) is 2. The van der Waals surface area contributed by atoms with Gasteiger partial charge >= 0.3 is 6.03 Å². The van der Waals surface area contributed by atoms with Crippen molar-refractivity contribution >= 4 is 18.2 Å². The number of H-pyrrole nitrogens is 1. The second-order valence-corrected chi connectivity index (χ2v) is 5.82. The smallest absolute Gasteiger partial charge is 0.346 e. The molecule has 2 heterocycles. The molecule has 1 atom stereocenters. The molecule has 1 fully saturated rings. The molecule has 0 saturated carbocycles. The highest BCUT2D eigenvalue weighted by atomic mass is 16.2. The molecule has 118 valence electrons. The van der Waals surface area contributed by atoms with Crippen molar-refractivity contribution in [2.75, 3.05) is 0 Å². The summed E-state index contributed by atoms with van der Waals surface area (Å²) in [6, 6.07) is 10.5. The first-order valence-electron chi connectivity index (χ1n) is 7.34. The third kappa shape index (κ3) is 2.52. The number of carbonyl (C=O) groups excluding carboxylic acids is 2. The lowest BCUT2D eigenvalue weighted by Crippen LogP contribution is -2.40. The molecule has 0 unspecified atom stereocenters. The van der Waals surface area contributed by atoms with Crippen LogP contribution in [0.25, 0.3) is 0 Å². The number of aromatic amines is 1. The van der Waals surface area contributed by atoms with Gasteiger partial charge in [-0.05, 0) is 32.4 Å². The first kappa shape index (κ1) is 15.0. The minimum Gasteiger partial charge on any atom is -0.362 e. The van der Waals surface area contributed by atoms with E-state index in [0.717, 1.165) is 27.5 Å². The number of benzene rings is 1. The molecule has 0 radical (unpaired) electrons. The highest BCUT2D eigenvalue weighted by Crippen LogP contribution is 2.28. The number of rotatable bonds is 3. The van der Waals surface area contributed by atoms with Crippen LogP contribution in [0.1, 0.15) is 29.4 Å². The second kappa shape index (κ2) is 5.39. The number of nitrogens with one attached hydrogen (secondary N) is 2. The molecule has 1 saturated heterocycles. The summed E-state index contributed by atoms with van der Waals surface area (Å²) >= 11 is 0. The maximum Gasteiger partial charge on any atom is 0.346 e. The van der Waals surface area contributed by atoms with Gasteiger partial charge in [0.1, 0.15) is 5.54 Å². The van der Waals surface area contributed by atoms with E-state index in [4.69, 9.17) is 0 Å². The number of urea groups is 1. The quantitative estimate of drug-likeness (QED) is 0.674. The van der Waals surface area contributed by atoms with Crippen LogP contribution >= 0.6 is 0 Å². The fourth-order valence-corrected chi connectivity index (χ4v) is 2.70. The van der Waals surface area contributed by atoms with Crippen LogP contribution in [0, 0.1) is 13.8 Å². The van der Waals surface area contributed by atoms with Crippen molar-refractivity contribution in [2.45, 2.75) is 26.3 Å². The van der Waals surface area contributed by atoms with Gasteiger partial charge in [0.05, 0.1) is 6.21 Å². The van der Waals surface area contributed by atoms with Crippen LogP contribution in [-0.2, 0) is 10.3 Å². The summed E-state index contributed by atoms with van der Waals surface area (Å²) in [5, 5.41) is 7.68. The molecule has 2 aromatic rings. The second-order valence-electron chi connectivity index (χ2n) is 5.82. The van der Waals surface area contributed by atoms with Crippen molar-refractivity contribution in [3.63, 3.8) is 0 Å². The van der Waals surface area contributed by atoms with E-state index < -0.39 is 17.5 Å². The lowest BCUT2D eigenvalue weighted by Gasteiger charge is -2.20. The molecule has 0 spiro atoms. The number of aromatic nitrogens is 1. The van der Waals surface area contributed by atoms with E-state index in [1.165, 1.54) is 6.21 Å². The normalized spacial score (nSPS) is 21.3. The van der Waals surface area contributed by atoms with Crippen LogP contribution in [0.2, 0.25) is 0 Å². The third-order valence-electron chi connectivity index (χ3n) is 4.02. The Morgan fingerprint density at radius 2 is 1.87 bits per heavy atom. The molecule has 0 aliphatic carbocycles. The van der Waals surface area contributed by atoms with Crippen molar-refractivity contribution in [3.8, 4) is 0 Å². The Labute approximate surface area is 134 Å². The van der Waals surface area contributed by atoms with Gasteiger partial charge in [-0.15, -0.1) is 5.01 Å². The van der Waals surface area contributed by atoms with Crippen molar-refractivity contribution in [1.29, 1.82) is 0 Å². The van der Waals surface area contributed by atoms with Gasteiger partial charge in [0, 0.05) is 17.0 Å². The molecule has 6 nitrogen and oxygen atoms in total. The van der Waals surface area contributed by atoms with Gasteiger partial charge in [0.25, 0.3) is 5.91 Å². The minimum atomic E-state index is -1.10. The molecule has 1 aliphatic rings. The average molecular weight is 310 g/mol. The maximum atomic E-state index is 12.7. The fourth-order valence-electron chi connectivity index (χ4n) is 2.70. The van der Waals surface area contributed by atoms with Crippen LogP contribution < -0.4 is 5.32 Å². The first-order chi connectivity index (χ1) is 10.9. The number of imide groups is 1. The predicted molar refractivity (Wildman–Crippen MR) is 87.0 cm³/mol. The number of amides is 3. The summed E-state index contributed by atoms with van der Waals surface area (Å²) < 4.78 is 0. The Balaban J connectivity index is 1.89. The molecular weight excluding hydrogens is 292 g/mol. The molecule has 1 aromatic heterocycles. The Kier molecular flexibility index (Phi) is 3.52. The molecular formula is C17H18N4O2. The predicted octanol–water partition coefficient (Wildman–Crippen LogP) is 2.43. The Morgan fingerprint density at radius 1 is 1.17 bits per heavy atom. The largest absolute Gasteiger partial charge is 0.362 e. The zero-order chi connectivity index (χ0) is 16.6. The van der Waals surface area contributed by atoms with E-state index >= 15 is 0 Å². The van der Waals surface area contributed by atoms with Gasteiger partial charge in [-0.3, -0.25) is 4.79 Å². The van der Waals surface area contributed by atoms with Gasteiger partial charge < -0.3 is 10.3 Å². The maximum absolute atomic E-state index is 12.7. The summed E-state index contributed by atoms with van der Waals surface area (Å²) in [4.78, 5) is 28.0. The first-order valence-corrected chi connectivity index (χ1v) is 7.34. The summed E-state index contributed by atoms with van der Waals surface area (Å²) in [6.45, 7) is 5.53. The summed E-state index contributed by atoms with van der Waals surface area (Å²) in [5.41, 5.74) is 2.40. The van der Waals surface area contributed by atoms with Crippen LogP contribution in [0.3, 0.4) is 0 Å². The number of hydrogen-bond donors (Lipinski definition) is 2. The monoisotopic (exact) mass is 310 g/mol. The average Bonchev–Trinajstić information content (AvgIpc) is 2.96. The highest BCUT2D eigenvalue weighted by molar-refractivity contribution is 6.07. The Morgan fingerprint density at radius 3 is 2.48 bits per heavy atom. The lowest BCUT2D eigenvalue weighted by molar-refractivity contribution is -0.131. The molecule has 3 amide bonds. The van der Waals surface area contributed by atoms with E-state index in [9.17, 15) is 9.59 Å². The topological polar surface area (TPSA) is 77.6 Å². The molecule has 3 rings (SSSR count). The van der Waals surface area contributed by atoms with E-state index in [1.807, 2.05) is 50.2 Å².